The van der Waals surface area contributed by atoms with Gasteiger partial charge in [-0.15, -0.1) is 0 Å². The minimum Gasteiger partial charge on any atom is -0.463 e. The van der Waals surface area contributed by atoms with E-state index in [0.29, 0.717) is 16.7 Å². The van der Waals surface area contributed by atoms with Crippen molar-refractivity contribution in [3.63, 3.8) is 0 Å². The predicted octanol–water partition coefficient (Wildman–Crippen LogP) is 8.23. The summed E-state index contributed by atoms with van der Waals surface area (Å²) in [6.45, 7) is 22.2. The SMILES string of the molecule is CC(=O)O[C@@H]1CC[C@@]2(C)[C@@H](CC[C@@H]3[C@@H]2CC[C@]2(C)[C@@H]([C@H](C)CO[Si](C)(C)C(C)(C)C)CC[C@@H]32)C1. The van der Waals surface area contributed by atoms with Crippen LogP contribution in [0.25, 0.3) is 0 Å². The second-order valence-corrected chi connectivity index (χ2v) is 19.7. The van der Waals surface area contributed by atoms with Gasteiger partial charge in [0.25, 0.3) is 0 Å². The van der Waals surface area contributed by atoms with Gasteiger partial charge in [-0.2, -0.15) is 0 Å². The van der Waals surface area contributed by atoms with E-state index < -0.39 is 8.32 Å². The molecule has 4 rings (SSSR count). The molecule has 0 spiro atoms. The van der Waals surface area contributed by atoms with Crippen LogP contribution in [0, 0.1) is 46.3 Å². The molecule has 0 aromatic carbocycles. The number of hydrogen-bond acceptors (Lipinski definition) is 3. The minimum atomic E-state index is -1.69. The first-order valence-electron chi connectivity index (χ1n) is 14.5. The van der Waals surface area contributed by atoms with Gasteiger partial charge >= 0.3 is 5.97 Å². The van der Waals surface area contributed by atoms with E-state index >= 15 is 0 Å². The maximum Gasteiger partial charge on any atom is 0.302 e. The van der Waals surface area contributed by atoms with E-state index in [4.69, 9.17) is 9.16 Å². The average Bonchev–Trinajstić information content (AvgIpc) is 3.08. The predicted molar refractivity (Wildman–Crippen MR) is 143 cm³/mol. The molecule has 0 saturated heterocycles. The van der Waals surface area contributed by atoms with Crippen molar-refractivity contribution in [2.45, 2.75) is 130 Å². The molecule has 0 amide bonds. The van der Waals surface area contributed by atoms with Gasteiger partial charge in [0.1, 0.15) is 6.10 Å². The lowest BCUT2D eigenvalue weighted by atomic mass is 9.44. The molecule has 3 nitrogen and oxygen atoms in total. The van der Waals surface area contributed by atoms with E-state index in [9.17, 15) is 4.79 Å². The molecule has 0 aromatic rings. The molecule has 4 aliphatic rings. The Balaban J connectivity index is 1.43. The van der Waals surface area contributed by atoms with Gasteiger partial charge in [-0.3, -0.25) is 4.79 Å². The van der Waals surface area contributed by atoms with Crippen LogP contribution in [0.4, 0.5) is 0 Å². The molecule has 34 heavy (non-hydrogen) atoms. The molecule has 4 aliphatic carbocycles. The van der Waals surface area contributed by atoms with Crippen molar-refractivity contribution >= 4 is 14.3 Å². The summed E-state index contributed by atoms with van der Waals surface area (Å²) in [6, 6.07) is 0. The van der Waals surface area contributed by atoms with Gasteiger partial charge in [0.05, 0.1) is 0 Å². The van der Waals surface area contributed by atoms with E-state index in [1.54, 1.807) is 6.92 Å². The maximum atomic E-state index is 11.5. The van der Waals surface area contributed by atoms with Crippen molar-refractivity contribution in [3.8, 4) is 0 Å². The zero-order valence-electron chi connectivity index (χ0n) is 23.8. The molecule has 4 fully saturated rings. The highest BCUT2D eigenvalue weighted by Gasteiger charge is 2.60. The van der Waals surface area contributed by atoms with Crippen molar-refractivity contribution in [2.75, 3.05) is 6.61 Å². The Morgan fingerprint density at radius 3 is 2.26 bits per heavy atom. The summed E-state index contributed by atoms with van der Waals surface area (Å²) in [6.07, 6.45) is 12.0. The quantitative estimate of drug-likeness (QED) is 0.287. The monoisotopic (exact) mass is 490 g/mol. The van der Waals surface area contributed by atoms with Crippen LogP contribution in [0.1, 0.15) is 106 Å². The van der Waals surface area contributed by atoms with Crippen molar-refractivity contribution < 1.29 is 14.0 Å². The van der Waals surface area contributed by atoms with E-state index in [1.165, 1.54) is 44.9 Å². The summed E-state index contributed by atoms with van der Waals surface area (Å²) >= 11 is 0. The number of carbonyl (C=O) groups excluding carboxylic acids is 1. The van der Waals surface area contributed by atoms with Gasteiger partial charge in [0, 0.05) is 13.5 Å². The van der Waals surface area contributed by atoms with Gasteiger partial charge < -0.3 is 9.16 Å². The highest BCUT2D eigenvalue weighted by molar-refractivity contribution is 6.74. The molecule has 0 heterocycles. The summed E-state index contributed by atoms with van der Waals surface area (Å²) < 4.78 is 12.4. The van der Waals surface area contributed by atoms with Gasteiger partial charge in [-0.1, -0.05) is 41.5 Å². The van der Waals surface area contributed by atoms with Gasteiger partial charge in [-0.25, -0.2) is 0 Å². The summed E-state index contributed by atoms with van der Waals surface area (Å²) in [4.78, 5) is 11.5. The molecular formula is C30H54O3Si. The van der Waals surface area contributed by atoms with Crippen molar-refractivity contribution in [3.05, 3.63) is 0 Å². The normalized spacial score (nSPS) is 43.4. The third-order valence-corrected chi connectivity index (χ3v) is 16.7. The van der Waals surface area contributed by atoms with E-state index in [0.717, 1.165) is 49.0 Å². The van der Waals surface area contributed by atoms with Crippen LogP contribution in [0.15, 0.2) is 0 Å². The summed E-state index contributed by atoms with van der Waals surface area (Å²) in [5, 5.41) is 0.287. The highest BCUT2D eigenvalue weighted by Crippen LogP contribution is 2.68. The number of ether oxygens (including phenoxy) is 1. The Kier molecular flexibility index (Phi) is 7.22. The fraction of sp³-hybridized carbons (Fsp3) is 0.967. The molecule has 0 N–H and O–H groups in total. The lowest BCUT2D eigenvalue weighted by molar-refractivity contribution is -0.160. The smallest absolute Gasteiger partial charge is 0.302 e. The Morgan fingerprint density at radius 2 is 1.62 bits per heavy atom. The van der Waals surface area contributed by atoms with Gasteiger partial charge in [0.2, 0.25) is 0 Å². The van der Waals surface area contributed by atoms with Crippen LogP contribution < -0.4 is 0 Å². The number of hydrogen-bond donors (Lipinski definition) is 0. The molecule has 0 unspecified atom stereocenters. The lowest BCUT2D eigenvalue weighted by Crippen LogP contribution is -2.54. The van der Waals surface area contributed by atoms with Crippen LogP contribution in [-0.4, -0.2) is 27.0 Å². The molecule has 9 atom stereocenters. The average molecular weight is 491 g/mol. The Labute approximate surface area is 211 Å². The van der Waals surface area contributed by atoms with Gasteiger partial charge in [-0.05, 0) is 122 Å². The maximum absolute atomic E-state index is 11.5. The first-order chi connectivity index (χ1) is 15.7. The largest absolute Gasteiger partial charge is 0.463 e. The van der Waals surface area contributed by atoms with E-state index in [1.807, 2.05) is 0 Å². The first-order valence-corrected chi connectivity index (χ1v) is 17.4. The molecular weight excluding hydrogens is 436 g/mol. The van der Waals surface area contributed by atoms with Crippen LogP contribution in [0.5, 0.6) is 0 Å². The minimum absolute atomic E-state index is 0.0978. The molecule has 196 valence electrons. The van der Waals surface area contributed by atoms with Crippen molar-refractivity contribution in [1.29, 1.82) is 0 Å². The summed E-state index contributed by atoms with van der Waals surface area (Å²) in [5.41, 5.74) is 0.950. The second kappa shape index (κ2) is 9.19. The molecule has 0 bridgehead atoms. The fourth-order valence-corrected chi connectivity index (χ4v) is 10.3. The van der Waals surface area contributed by atoms with Crippen LogP contribution in [0.2, 0.25) is 18.1 Å². The third kappa shape index (κ3) is 4.57. The molecule has 0 aromatic heterocycles. The molecule has 0 aliphatic heterocycles. The standard InChI is InChI=1S/C30H54O3Si/c1-20(19-32-34(8,9)28(3,4)5)25-12-13-26-24-11-10-22-18-23(33-21(2)31)14-16-29(22,6)27(24)15-17-30(25,26)7/h20,22-27H,10-19H2,1-9H3/t20-,22+,23-,24+,25-,26+,27+,29+,30-/m1/s1. The molecule has 0 radical (unpaired) electrons. The number of rotatable bonds is 5. The Hall–Kier alpha value is -0.353. The number of esters is 1. The Morgan fingerprint density at radius 1 is 0.971 bits per heavy atom. The van der Waals surface area contributed by atoms with E-state index in [-0.39, 0.29) is 17.1 Å². The summed E-state index contributed by atoms with van der Waals surface area (Å²) in [5.74, 6) is 4.80. The van der Waals surface area contributed by atoms with E-state index in [2.05, 4.69) is 54.6 Å². The topological polar surface area (TPSA) is 35.5 Å². The highest BCUT2D eigenvalue weighted by atomic mass is 28.4. The van der Waals surface area contributed by atoms with Gasteiger partial charge in [0.15, 0.2) is 8.32 Å². The zero-order chi connectivity index (χ0) is 25.1. The first kappa shape index (κ1) is 26.7. The zero-order valence-corrected chi connectivity index (χ0v) is 24.8. The van der Waals surface area contributed by atoms with Crippen molar-refractivity contribution in [2.24, 2.45) is 46.3 Å². The summed E-state index contributed by atoms with van der Waals surface area (Å²) in [7, 11) is -1.69. The van der Waals surface area contributed by atoms with Crippen LogP contribution in [-0.2, 0) is 14.0 Å². The molecule has 4 heteroatoms. The fourth-order valence-electron chi connectivity index (χ4n) is 9.21. The van der Waals surface area contributed by atoms with Crippen LogP contribution >= 0.6 is 0 Å². The lowest BCUT2D eigenvalue weighted by Gasteiger charge is -2.61. The van der Waals surface area contributed by atoms with Crippen LogP contribution in [0.3, 0.4) is 0 Å². The molecule has 4 saturated carbocycles. The third-order valence-electron chi connectivity index (χ3n) is 12.2. The number of carbonyl (C=O) groups is 1. The number of fused-ring (bicyclic) bond motifs is 5. The second-order valence-electron chi connectivity index (χ2n) is 14.9. The Bertz CT molecular complexity index is 757. The van der Waals surface area contributed by atoms with Crippen molar-refractivity contribution in [1.82, 2.24) is 0 Å².